The van der Waals surface area contributed by atoms with Gasteiger partial charge in [0.25, 0.3) is 0 Å². The van der Waals surface area contributed by atoms with E-state index >= 15 is 0 Å². The van der Waals surface area contributed by atoms with Gasteiger partial charge in [-0.25, -0.2) is 0 Å². The third-order valence-corrected chi connectivity index (χ3v) is 1.29. The average Bonchev–Trinajstić information content (AvgIpc) is 2.37. The molecule has 0 radical (unpaired) electrons. The zero-order valence-corrected chi connectivity index (χ0v) is 5.39. The topological polar surface area (TPSA) is 53.8 Å². The van der Waals surface area contributed by atoms with Crippen molar-refractivity contribution in [1.82, 2.24) is 10.3 Å². The molecule has 0 aliphatic carbocycles. The van der Waals surface area contributed by atoms with Gasteiger partial charge in [-0.05, 0) is 13.1 Å². The smallest absolute Gasteiger partial charge is 0.0822 e. The Hall–Kier alpha value is -0.800. The molecule has 3 heteroatoms. The molecule has 1 unspecified atom stereocenters. The Morgan fingerprint density at radius 1 is 1.78 bits per heavy atom. The molecule has 1 atom stereocenters. The highest BCUT2D eigenvalue weighted by Crippen LogP contribution is 2.02. The summed E-state index contributed by atoms with van der Waals surface area (Å²) < 4.78 is 0. The summed E-state index contributed by atoms with van der Waals surface area (Å²) in [6.45, 7) is 0. The van der Waals surface area contributed by atoms with Gasteiger partial charge >= 0.3 is 0 Å². The summed E-state index contributed by atoms with van der Waals surface area (Å²) >= 11 is 0. The minimum absolute atomic E-state index is 0.0451. The number of aromatic nitrogens is 1. The molecule has 1 aromatic rings. The standard InChI is InChI=1S/C6H11N3/c1-8-6(7)5-2-3-9-4-5/h2-4,6,8-9H,7H2,1H3. The SMILES string of the molecule is CNC(N)c1cc[nH]c1. The first kappa shape index (κ1) is 6.32. The van der Waals surface area contributed by atoms with E-state index in [2.05, 4.69) is 10.3 Å². The minimum atomic E-state index is -0.0451. The Morgan fingerprint density at radius 3 is 3.00 bits per heavy atom. The van der Waals surface area contributed by atoms with Crippen LogP contribution in [-0.4, -0.2) is 12.0 Å². The van der Waals surface area contributed by atoms with Crippen LogP contribution in [0.4, 0.5) is 0 Å². The lowest BCUT2D eigenvalue weighted by Crippen LogP contribution is -2.24. The molecule has 0 bridgehead atoms. The van der Waals surface area contributed by atoms with Crippen molar-refractivity contribution in [3.8, 4) is 0 Å². The van der Waals surface area contributed by atoms with Crippen molar-refractivity contribution in [3.63, 3.8) is 0 Å². The zero-order valence-electron chi connectivity index (χ0n) is 5.39. The first-order valence-electron chi connectivity index (χ1n) is 2.90. The number of aromatic amines is 1. The Morgan fingerprint density at radius 2 is 2.56 bits per heavy atom. The first-order chi connectivity index (χ1) is 4.34. The van der Waals surface area contributed by atoms with E-state index in [0.29, 0.717) is 0 Å². The molecular formula is C6H11N3. The Labute approximate surface area is 54.3 Å². The van der Waals surface area contributed by atoms with Crippen molar-refractivity contribution in [2.24, 2.45) is 5.73 Å². The lowest BCUT2D eigenvalue weighted by atomic mass is 10.3. The normalized spacial score (nSPS) is 13.6. The second-order valence-corrected chi connectivity index (χ2v) is 1.91. The minimum Gasteiger partial charge on any atom is -0.367 e. The van der Waals surface area contributed by atoms with E-state index in [1.165, 1.54) is 0 Å². The lowest BCUT2D eigenvalue weighted by molar-refractivity contribution is 0.623. The Bertz CT molecular complexity index is 157. The van der Waals surface area contributed by atoms with Crippen molar-refractivity contribution < 1.29 is 0 Å². The van der Waals surface area contributed by atoms with Crippen LogP contribution >= 0.6 is 0 Å². The fourth-order valence-corrected chi connectivity index (χ4v) is 0.697. The van der Waals surface area contributed by atoms with E-state index in [4.69, 9.17) is 5.73 Å². The number of nitrogens with one attached hydrogen (secondary N) is 2. The van der Waals surface area contributed by atoms with Crippen LogP contribution in [0.3, 0.4) is 0 Å². The van der Waals surface area contributed by atoms with Crippen molar-refractivity contribution in [3.05, 3.63) is 24.0 Å². The molecule has 1 rings (SSSR count). The van der Waals surface area contributed by atoms with Gasteiger partial charge in [0, 0.05) is 18.0 Å². The maximum atomic E-state index is 5.61. The van der Waals surface area contributed by atoms with Crippen LogP contribution in [0.5, 0.6) is 0 Å². The second-order valence-electron chi connectivity index (χ2n) is 1.91. The van der Waals surface area contributed by atoms with Gasteiger partial charge in [-0.2, -0.15) is 0 Å². The van der Waals surface area contributed by atoms with Crippen LogP contribution in [0.2, 0.25) is 0 Å². The van der Waals surface area contributed by atoms with E-state index in [9.17, 15) is 0 Å². The van der Waals surface area contributed by atoms with Crippen LogP contribution in [0.15, 0.2) is 18.5 Å². The van der Waals surface area contributed by atoms with Crippen LogP contribution in [0, 0.1) is 0 Å². The predicted molar refractivity (Wildman–Crippen MR) is 36.8 cm³/mol. The molecule has 1 heterocycles. The molecule has 0 aromatic carbocycles. The van der Waals surface area contributed by atoms with E-state index in [0.717, 1.165) is 5.56 Å². The zero-order chi connectivity index (χ0) is 6.69. The number of hydrogen-bond acceptors (Lipinski definition) is 2. The van der Waals surface area contributed by atoms with Gasteiger partial charge in [0.2, 0.25) is 0 Å². The fourth-order valence-electron chi connectivity index (χ4n) is 0.697. The number of rotatable bonds is 2. The van der Waals surface area contributed by atoms with Crippen molar-refractivity contribution in [2.45, 2.75) is 6.17 Å². The van der Waals surface area contributed by atoms with E-state index < -0.39 is 0 Å². The van der Waals surface area contributed by atoms with Crippen LogP contribution in [0.1, 0.15) is 11.7 Å². The molecule has 1 aromatic heterocycles. The Balaban J connectivity index is 2.65. The fraction of sp³-hybridized carbons (Fsp3) is 0.333. The van der Waals surface area contributed by atoms with Crippen LogP contribution in [-0.2, 0) is 0 Å². The summed E-state index contributed by atoms with van der Waals surface area (Å²) in [6.07, 6.45) is 3.68. The van der Waals surface area contributed by atoms with Gasteiger partial charge in [-0.3, -0.25) is 0 Å². The van der Waals surface area contributed by atoms with Gasteiger partial charge in [0.05, 0.1) is 6.17 Å². The second kappa shape index (κ2) is 2.66. The van der Waals surface area contributed by atoms with Gasteiger partial charge in [0.1, 0.15) is 0 Å². The molecular weight excluding hydrogens is 114 g/mol. The summed E-state index contributed by atoms with van der Waals surface area (Å²) in [4.78, 5) is 2.92. The molecule has 0 saturated heterocycles. The lowest BCUT2D eigenvalue weighted by Gasteiger charge is -2.05. The van der Waals surface area contributed by atoms with Crippen molar-refractivity contribution in [1.29, 1.82) is 0 Å². The molecule has 50 valence electrons. The van der Waals surface area contributed by atoms with Crippen molar-refractivity contribution >= 4 is 0 Å². The van der Waals surface area contributed by atoms with E-state index in [1.807, 2.05) is 25.5 Å². The molecule has 0 saturated carbocycles. The Kier molecular flexibility index (Phi) is 1.87. The quantitative estimate of drug-likeness (QED) is 0.494. The largest absolute Gasteiger partial charge is 0.367 e. The van der Waals surface area contributed by atoms with Crippen molar-refractivity contribution in [2.75, 3.05) is 7.05 Å². The number of nitrogens with two attached hydrogens (primary N) is 1. The maximum Gasteiger partial charge on any atom is 0.0822 e. The molecule has 0 amide bonds. The summed E-state index contributed by atoms with van der Waals surface area (Å²) in [6, 6.07) is 1.95. The molecule has 0 fully saturated rings. The average molecular weight is 125 g/mol. The summed E-state index contributed by atoms with van der Waals surface area (Å²) in [5.41, 5.74) is 6.69. The summed E-state index contributed by atoms with van der Waals surface area (Å²) in [5, 5.41) is 2.93. The van der Waals surface area contributed by atoms with Crippen LogP contribution < -0.4 is 11.1 Å². The highest BCUT2D eigenvalue weighted by atomic mass is 15.0. The van der Waals surface area contributed by atoms with Gasteiger partial charge in [0.15, 0.2) is 0 Å². The molecule has 3 nitrogen and oxygen atoms in total. The molecule has 4 N–H and O–H groups in total. The highest BCUT2D eigenvalue weighted by Gasteiger charge is 1.99. The van der Waals surface area contributed by atoms with E-state index in [1.54, 1.807) is 0 Å². The van der Waals surface area contributed by atoms with Gasteiger partial charge in [-0.15, -0.1) is 0 Å². The first-order valence-corrected chi connectivity index (χ1v) is 2.90. The third kappa shape index (κ3) is 1.31. The van der Waals surface area contributed by atoms with Gasteiger partial charge in [-0.1, -0.05) is 0 Å². The maximum absolute atomic E-state index is 5.61. The third-order valence-electron chi connectivity index (χ3n) is 1.29. The predicted octanol–water partition coefficient (Wildman–Crippen LogP) is 0.191. The van der Waals surface area contributed by atoms with E-state index in [-0.39, 0.29) is 6.17 Å². The molecule has 0 spiro atoms. The van der Waals surface area contributed by atoms with Gasteiger partial charge < -0.3 is 16.0 Å². The summed E-state index contributed by atoms with van der Waals surface area (Å²) in [7, 11) is 1.83. The molecule has 0 aliphatic rings. The number of hydrogen-bond donors (Lipinski definition) is 3. The highest BCUT2D eigenvalue weighted by molar-refractivity contribution is 5.11. The summed E-state index contributed by atoms with van der Waals surface area (Å²) in [5.74, 6) is 0. The molecule has 0 aliphatic heterocycles. The van der Waals surface area contributed by atoms with Crippen LogP contribution in [0.25, 0.3) is 0 Å². The monoisotopic (exact) mass is 125 g/mol. The molecule has 9 heavy (non-hydrogen) atoms. The number of H-pyrrole nitrogens is 1.